The Morgan fingerprint density at radius 3 is 2.55 bits per heavy atom. The molecule has 0 bridgehead atoms. The van der Waals surface area contributed by atoms with E-state index in [9.17, 15) is 18.4 Å². The van der Waals surface area contributed by atoms with Crippen molar-refractivity contribution in [1.29, 1.82) is 5.26 Å². The van der Waals surface area contributed by atoms with E-state index in [0.717, 1.165) is 6.07 Å². The summed E-state index contributed by atoms with van der Waals surface area (Å²) < 4.78 is 52.2. The topological polar surface area (TPSA) is 97.0 Å². The molecular weight excluding hydrogens is 409 g/mol. The van der Waals surface area contributed by atoms with E-state index in [4.69, 9.17) is 15.2 Å². The van der Waals surface area contributed by atoms with Crippen LogP contribution in [-0.2, 0) is 6.18 Å². The minimum atomic E-state index is -4.62. The smallest absolute Gasteiger partial charge is 0.416 e. The number of halogens is 3. The minimum absolute atomic E-state index is 0.0300. The highest BCUT2D eigenvalue weighted by molar-refractivity contribution is 5.71. The number of aromatic nitrogens is 2. The Morgan fingerprint density at radius 2 is 1.90 bits per heavy atom. The number of hydrogen-bond acceptors (Lipinski definition) is 5. The summed E-state index contributed by atoms with van der Waals surface area (Å²) in [6.07, 6.45) is -4.62. The van der Waals surface area contributed by atoms with Gasteiger partial charge < -0.3 is 15.2 Å². The molecule has 1 atom stereocenters. The van der Waals surface area contributed by atoms with Crippen LogP contribution in [0, 0.1) is 11.3 Å². The molecule has 0 spiro atoms. The van der Waals surface area contributed by atoms with Gasteiger partial charge in [-0.3, -0.25) is 5.10 Å². The van der Waals surface area contributed by atoms with Crippen LogP contribution in [0.25, 0.3) is 11.3 Å². The van der Waals surface area contributed by atoms with Crippen LogP contribution >= 0.6 is 0 Å². The number of nitrogens with one attached hydrogen (secondary N) is 1. The Morgan fingerprint density at radius 1 is 1.19 bits per heavy atom. The molecule has 1 aliphatic heterocycles. The second-order valence-electron chi connectivity index (χ2n) is 6.78. The lowest BCUT2D eigenvalue weighted by molar-refractivity contribution is -0.138. The van der Waals surface area contributed by atoms with Crippen LogP contribution in [0.1, 0.15) is 29.5 Å². The molecule has 3 aromatic rings. The number of allylic oxidation sites excluding steroid dienone is 1. The van der Waals surface area contributed by atoms with Gasteiger partial charge >= 0.3 is 6.18 Å². The molecule has 0 fully saturated rings. The van der Waals surface area contributed by atoms with Crippen molar-refractivity contribution in [2.24, 2.45) is 5.73 Å². The van der Waals surface area contributed by atoms with Gasteiger partial charge in [-0.05, 0) is 42.8 Å². The third kappa shape index (κ3) is 3.57. The number of ether oxygens (including phenoxy) is 2. The van der Waals surface area contributed by atoms with Crippen LogP contribution in [0.3, 0.4) is 0 Å². The average Bonchev–Trinajstić information content (AvgIpc) is 3.16. The van der Waals surface area contributed by atoms with Crippen molar-refractivity contribution in [3.8, 4) is 29.0 Å². The van der Waals surface area contributed by atoms with Crippen molar-refractivity contribution < 1.29 is 22.6 Å². The second-order valence-corrected chi connectivity index (χ2v) is 6.78. The molecule has 4 rings (SSSR count). The van der Waals surface area contributed by atoms with Crippen LogP contribution in [0.15, 0.2) is 60.0 Å². The minimum Gasteiger partial charge on any atom is -0.494 e. The molecule has 1 aliphatic rings. The van der Waals surface area contributed by atoms with Crippen molar-refractivity contribution in [3.05, 3.63) is 76.7 Å². The number of nitriles is 1. The van der Waals surface area contributed by atoms with Crippen LogP contribution < -0.4 is 15.2 Å². The van der Waals surface area contributed by atoms with Gasteiger partial charge in [-0.25, -0.2) is 0 Å². The number of alkyl halides is 3. The molecule has 0 aliphatic carbocycles. The fourth-order valence-corrected chi connectivity index (χ4v) is 3.67. The van der Waals surface area contributed by atoms with Crippen LogP contribution in [0.2, 0.25) is 0 Å². The monoisotopic (exact) mass is 426 g/mol. The number of fused-ring (bicyclic) bond motifs is 1. The van der Waals surface area contributed by atoms with Gasteiger partial charge in [0.1, 0.15) is 17.4 Å². The first kappa shape index (κ1) is 20.3. The zero-order chi connectivity index (χ0) is 22.2. The summed E-state index contributed by atoms with van der Waals surface area (Å²) in [5.41, 5.74) is 6.19. The van der Waals surface area contributed by atoms with Gasteiger partial charge in [-0.15, -0.1) is 5.10 Å². The van der Waals surface area contributed by atoms with Gasteiger partial charge in [0.05, 0.1) is 29.3 Å². The van der Waals surface area contributed by atoms with Crippen molar-refractivity contribution in [1.82, 2.24) is 10.2 Å². The van der Waals surface area contributed by atoms with E-state index >= 15 is 0 Å². The van der Waals surface area contributed by atoms with E-state index in [-0.39, 0.29) is 22.9 Å². The molecule has 2 aromatic carbocycles. The second kappa shape index (κ2) is 7.72. The molecule has 0 unspecified atom stereocenters. The molecule has 9 heteroatoms. The number of hydrogen-bond donors (Lipinski definition) is 2. The predicted octanol–water partition coefficient (Wildman–Crippen LogP) is 4.71. The molecule has 0 saturated heterocycles. The van der Waals surface area contributed by atoms with Gasteiger partial charge in [0, 0.05) is 5.56 Å². The molecular formula is C22H17F3N4O2. The van der Waals surface area contributed by atoms with Crippen molar-refractivity contribution >= 4 is 0 Å². The summed E-state index contributed by atoms with van der Waals surface area (Å²) >= 11 is 0. The summed E-state index contributed by atoms with van der Waals surface area (Å²) in [6, 6.07) is 14.0. The van der Waals surface area contributed by atoms with Crippen LogP contribution in [0.4, 0.5) is 13.2 Å². The van der Waals surface area contributed by atoms with E-state index in [0.29, 0.717) is 29.2 Å². The maximum atomic E-state index is 13.8. The SMILES string of the molecule is CCOc1ccc(-c2[nH]nc3c2[C@H](c2ccccc2C(F)(F)F)C(C#N)=C(N)O3)cc1. The standard InChI is InChI=1S/C22H17F3N4O2/c1-2-30-13-9-7-12(8-10-13)19-18-17(14-5-3-4-6-16(14)22(23,24)25)15(11-26)20(27)31-21(18)29-28-19/h3-10,17H,2,27H2,1H3,(H,28,29)/t17-/m1/s1. The third-order valence-corrected chi connectivity index (χ3v) is 4.97. The van der Waals surface area contributed by atoms with E-state index in [2.05, 4.69) is 10.2 Å². The zero-order valence-electron chi connectivity index (χ0n) is 16.3. The Labute approximate surface area is 175 Å². The highest BCUT2D eigenvalue weighted by Crippen LogP contribution is 2.48. The first-order valence-electron chi connectivity index (χ1n) is 9.40. The third-order valence-electron chi connectivity index (χ3n) is 4.97. The number of aromatic amines is 1. The fraction of sp³-hybridized carbons (Fsp3) is 0.182. The maximum Gasteiger partial charge on any atom is 0.416 e. The van der Waals surface area contributed by atoms with Crippen LogP contribution in [-0.4, -0.2) is 16.8 Å². The quantitative estimate of drug-likeness (QED) is 0.630. The largest absolute Gasteiger partial charge is 0.494 e. The maximum absolute atomic E-state index is 13.8. The zero-order valence-corrected chi connectivity index (χ0v) is 16.3. The van der Waals surface area contributed by atoms with E-state index in [1.54, 1.807) is 24.3 Å². The lowest BCUT2D eigenvalue weighted by atomic mass is 9.81. The lowest BCUT2D eigenvalue weighted by Gasteiger charge is -2.26. The van der Waals surface area contributed by atoms with Crippen molar-refractivity contribution in [2.45, 2.75) is 19.0 Å². The Bertz CT molecular complexity index is 1190. The molecule has 158 valence electrons. The number of H-pyrrole nitrogens is 1. The van der Waals surface area contributed by atoms with Crippen LogP contribution in [0.5, 0.6) is 11.6 Å². The molecule has 0 radical (unpaired) electrons. The highest BCUT2D eigenvalue weighted by Gasteiger charge is 2.41. The number of benzene rings is 2. The lowest BCUT2D eigenvalue weighted by Crippen LogP contribution is -2.23. The first-order chi connectivity index (χ1) is 14.8. The molecule has 2 heterocycles. The van der Waals surface area contributed by atoms with Gasteiger partial charge in [-0.1, -0.05) is 18.2 Å². The van der Waals surface area contributed by atoms with Gasteiger partial charge in [0.25, 0.3) is 0 Å². The molecule has 6 nitrogen and oxygen atoms in total. The molecule has 0 amide bonds. The van der Waals surface area contributed by atoms with Crippen molar-refractivity contribution in [3.63, 3.8) is 0 Å². The Balaban J connectivity index is 1.93. The summed E-state index contributed by atoms with van der Waals surface area (Å²) in [4.78, 5) is 0. The van der Waals surface area contributed by atoms with E-state index in [1.165, 1.54) is 18.2 Å². The van der Waals surface area contributed by atoms with Gasteiger partial charge in [0.15, 0.2) is 0 Å². The van der Waals surface area contributed by atoms with Gasteiger partial charge in [-0.2, -0.15) is 18.4 Å². The van der Waals surface area contributed by atoms with Gasteiger partial charge in [0.2, 0.25) is 11.8 Å². The highest BCUT2D eigenvalue weighted by atomic mass is 19.4. The van der Waals surface area contributed by atoms with Crippen molar-refractivity contribution in [2.75, 3.05) is 6.61 Å². The fourth-order valence-electron chi connectivity index (χ4n) is 3.67. The molecule has 1 aromatic heterocycles. The predicted molar refractivity (Wildman–Crippen MR) is 106 cm³/mol. The van der Waals surface area contributed by atoms with E-state index in [1.807, 2.05) is 13.0 Å². The summed E-state index contributed by atoms with van der Waals surface area (Å²) in [5.74, 6) is -0.701. The molecule has 3 N–H and O–H groups in total. The average molecular weight is 426 g/mol. The summed E-state index contributed by atoms with van der Waals surface area (Å²) in [5, 5.41) is 16.6. The molecule has 31 heavy (non-hydrogen) atoms. The number of rotatable bonds is 4. The Hall–Kier alpha value is -3.93. The van der Waals surface area contributed by atoms with E-state index < -0.39 is 17.7 Å². The summed E-state index contributed by atoms with van der Waals surface area (Å²) in [6.45, 7) is 2.36. The number of nitrogens with zero attached hydrogens (tertiary/aromatic N) is 2. The normalized spacial score (nSPS) is 15.8. The number of nitrogens with two attached hydrogens (primary N) is 1. The molecule has 0 saturated carbocycles. The Kier molecular flexibility index (Phi) is 5.07. The summed E-state index contributed by atoms with van der Waals surface area (Å²) in [7, 11) is 0. The first-order valence-corrected chi connectivity index (χ1v) is 9.40.